The van der Waals surface area contributed by atoms with Crippen molar-refractivity contribution in [2.45, 2.75) is 32.1 Å². The third-order valence-corrected chi connectivity index (χ3v) is 5.67. The minimum absolute atomic E-state index is 0.0199. The van der Waals surface area contributed by atoms with E-state index in [2.05, 4.69) is 10.6 Å². The van der Waals surface area contributed by atoms with Crippen LogP contribution in [0.2, 0.25) is 0 Å². The first-order valence-electron chi connectivity index (χ1n) is 7.23. The van der Waals surface area contributed by atoms with Crippen molar-refractivity contribution in [3.63, 3.8) is 0 Å². The van der Waals surface area contributed by atoms with Gasteiger partial charge in [0.05, 0.1) is 11.5 Å². The van der Waals surface area contributed by atoms with Crippen LogP contribution in [0.15, 0.2) is 0 Å². The third-order valence-electron chi connectivity index (χ3n) is 3.86. The first-order chi connectivity index (χ1) is 9.05. The molecule has 0 radical (unpaired) electrons. The van der Waals surface area contributed by atoms with Gasteiger partial charge in [0, 0.05) is 13.0 Å². The fraction of sp³-hybridized carbons (Fsp3) is 0.923. The molecule has 6 heteroatoms. The van der Waals surface area contributed by atoms with Crippen LogP contribution < -0.4 is 10.6 Å². The normalized spacial score (nSPS) is 23.5. The van der Waals surface area contributed by atoms with Gasteiger partial charge in [-0.15, -0.1) is 0 Å². The van der Waals surface area contributed by atoms with Gasteiger partial charge in [0.2, 0.25) is 5.91 Å². The summed E-state index contributed by atoms with van der Waals surface area (Å²) in [6, 6.07) is 0. The monoisotopic (exact) mass is 288 g/mol. The molecule has 2 fully saturated rings. The van der Waals surface area contributed by atoms with Crippen LogP contribution in [0.1, 0.15) is 32.1 Å². The predicted octanol–water partition coefficient (Wildman–Crippen LogP) is 0.317. The van der Waals surface area contributed by atoms with Crippen LogP contribution in [0.4, 0.5) is 0 Å². The molecule has 0 aromatic carbocycles. The molecule has 1 unspecified atom stereocenters. The van der Waals surface area contributed by atoms with Crippen molar-refractivity contribution in [2.24, 2.45) is 11.8 Å². The molecule has 1 aliphatic carbocycles. The predicted molar refractivity (Wildman–Crippen MR) is 74.6 cm³/mol. The minimum atomic E-state index is -2.97. The number of sulfone groups is 1. The van der Waals surface area contributed by atoms with E-state index in [0.717, 1.165) is 38.8 Å². The molecular formula is C13H24N2O3S. The summed E-state index contributed by atoms with van der Waals surface area (Å²) in [6.07, 6.45) is 4.63. The second-order valence-electron chi connectivity index (χ2n) is 5.81. The number of hydrogen-bond donors (Lipinski definition) is 2. The van der Waals surface area contributed by atoms with Crippen molar-refractivity contribution in [3.05, 3.63) is 0 Å². The molecule has 0 aromatic heterocycles. The summed E-state index contributed by atoms with van der Waals surface area (Å²) >= 11 is 0. The Morgan fingerprint density at radius 2 is 2.00 bits per heavy atom. The molecule has 1 aliphatic heterocycles. The molecule has 1 saturated heterocycles. The fourth-order valence-corrected chi connectivity index (χ4v) is 4.09. The van der Waals surface area contributed by atoms with Crippen LogP contribution in [-0.4, -0.2) is 45.5 Å². The molecule has 0 bridgehead atoms. The fourth-order valence-electron chi connectivity index (χ4n) is 2.46. The van der Waals surface area contributed by atoms with Crippen molar-refractivity contribution >= 4 is 15.7 Å². The number of nitrogens with one attached hydrogen (secondary N) is 2. The van der Waals surface area contributed by atoms with E-state index in [1.165, 1.54) is 0 Å². The lowest BCUT2D eigenvalue weighted by molar-refractivity contribution is -0.121. The maximum Gasteiger partial charge on any atom is 0.220 e. The lowest BCUT2D eigenvalue weighted by atomic mass is 10.0. The van der Waals surface area contributed by atoms with Crippen LogP contribution in [0.5, 0.6) is 0 Å². The molecule has 1 saturated carbocycles. The van der Waals surface area contributed by atoms with Crippen LogP contribution >= 0.6 is 0 Å². The molecule has 1 heterocycles. The summed E-state index contributed by atoms with van der Waals surface area (Å²) in [7, 11) is -2.97. The van der Waals surface area contributed by atoms with E-state index >= 15 is 0 Å². The van der Waals surface area contributed by atoms with Gasteiger partial charge in [-0.2, -0.15) is 0 Å². The summed E-state index contributed by atoms with van der Waals surface area (Å²) in [5.41, 5.74) is 0. The molecule has 1 atom stereocenters. The molecule has 1 amide bonds. The van der Waals surface area contributed by atoms with E-state index < -0.39 is 9.84 Å². The number of carbonyl (C=O) groups excluding carboxylic acids is 1. The number of amides is 1. The second kappa shape index (κ2) is 6.70. The van der Waals surface area contributed by atoms with E-state index in [0.29, 0.717) is 24.0 Å². The third kappa shape index (κ3) is 5.91. The average Bonchev–Trinajstić information content (AvgIpc) is 2.98. The van der Waals surface area contributed by atoms with Crippen molar-refractivity contribution in [2.75, 3.05) is 31.1 Å². The van der Waals surface area contributed by atoms with Gasteiger partial charge in [-0.3, -0.25) is 4.79 Å². The summed E-state index contributed by atoms with van der Waals surface area (Å²) in [5.74, 6) is 1.35. The average molecular weight is 288 g/mol. The van der Waals surface area contributed by atoms with E-state index in [1.54, 1.807) is 0 Å². The summed E-state index contributed by atoms with van der Waals surface area (Å²) in [4.78, 5) is 11.6. The zero-order chi connectivity index (χ0) is 13.7. The Kier molecular flexibility index (Phi) is 5.21. The van der Waals surface area contributed by atoms with Gasteiger partial charge in [-0.05, 0) is 50.6 Å². The van der Waals surface area contributed by atoms with Crippen LogP contribution in [0.3, 0.4) is 0 Å². The zero-order valence-electron chi connectivity index (χ0n) is 11.4. The smallest absolute Gasteiger partial charge is 0.220 e. The lowest BCUT2D eigenvalue weighted by Gasteiger charge is -2.09. The SMILES string of the molecule is O=C(CCC1CCNC1)NCCS(=O)(=O)CC1CC1. The van der Waals surface area contributed by atoms with Crippen LogP contribution in [0.25, 0.3) is 0 Å². The first-order valence-corrected chi connectivity index (χ1v) is 9.05. The maximum absolute atomic E-state index is 11.7. The summed E-state index contributed by atoms with van der Waals surface area (Å²) in [6.45, 7) is 2.31. The Bertz CT molecular complexity index is 398. The van der Waals surface area contributed by atoms with Gasteiger partial charge in [-0.1, -0.05) is 0 Å². The highest BCUT2D eigenvalue weighted by molar-refractivity contribution is 7.91. The molecule has 0 spiro atoms. The minimum Gasteiger partial charge on any atom is -0.355 e. The van der Waals surface area contributed by atoms with Crippen molar-refractivity contribution in [1.29, 1.82) is 0 Å². The number of rotatable bonds is 8. The van der Waals surface area contributed by atoms with E-state index in [1.807, 2.05) is 0 Å². The summed E-state index contributed by atoms with van der Waals surface area (Å²) in [5, 5.41) is 5.99. The van der Waals surface area contributed by atoms with Gasteiger partial charge < -0.3 is 10.6 Å². The van der Waals surface area contributed by atoms with E-state index in [4.69, 9.17) is 0 Å². The molecule has 5 nitrogen and oxygen atoms in total. The second-order valence-corrected chi connectivity index (χ2v) is 8.03. The van der Waals surface area contributed by atoms with Gasteiger partial charge in [0.25, 0.3) is 0 Å². The quantitative estimate of drug-likeness (QED) is 0.674. The van der Waals surface area contributed by atoms with Gasteiger partial charge >= 0.3 is 0 Å². The first kappa shape index (κ1) is 14.8. The number of hydrogen-bond acceptors (Lipinski definition) is 4. The molecule has 2 aliphatic rings. The Hall–Kier alpha value is -0.620. The zero-order valence-corrected chi connectivity index (χ0v) is 12.2. The topological polar surface area (TPSA) is 75.3 Å². The molecule has 2 rings (SSSR count). The molecule has 19 heavy (non-hydrogen) atoms. The van der Waals surface area contributed by atoms with Crippen LogP contribution in [0, 0.1) is 11.8 Å². The molecule has 0 aromatic rings. The largest absolute Gasteiger partial charge is 0.355 e. The highest BCUT2D eigenvalue weighted by Crippen LogP contribution is 2.30. The lowest BCUT2D eigenvalue weighted by Crippen LogP contribution is -2.30. The Labute approximate surface area is 115 Å². The molecule has 110 valence electrons. The van der Waals surface area contributed by atoms with Gasteiger partial charge in [0.1, 0.15) is 0 Å². The molecular weight excluding hydrogens is 264 g/mol. The van der Waals surface area contributed by atoms with E-state index in [9.17, 15) is 13.2 Å². The Balaban J connectivity index is 1.55. The van der Waals surface area contributed by atoms with Crippen molar-refractivity contribution in [1.82, 2.24) is 10.6 Å². The van der Waals surface area contributed by atoms with Crippen molar-refractivity contribution < 1.29 is 13.2 Å². The van der Waals surface area contributed by atoms with Gasteiger partial charge in [-0.25, -0.2) is 8.42 Å². The molecule has 2 N–H and O–H groups in total. The number of carbonyl (C=O) groups is 1. The van der Waals surface area contributed by atoms with Crippen molar-refractivity contribution in [3.8, 4) is 0 Å². The summed E-state index contributed by atoms with van der Waals surface area (Å²) < 4.78 is 23.3. The van der Waals surface area contributed by atoms with Gasteiger partial charge in [0.15, 0.2) is 9.84 Å². The van der Waals surface area contributed by atoms with Crippen LogP contribution in [-0.2, 0) is 14.6 Å². The maximum atomic E-state index is 11.7. The van der Waals surface area contributed by atoms with E-state index in [-0.39, 0.29) is 18.2 Å². The standard InChI is InChI=1S/C13H24N2O3S/c16-13(4-3-11-5-6-14-9-11)15-7-8-19(17,18)10-12-1-2-12/h11-12,14H,1-10H2,(H,15,16). The highest BCUT2D eigenvalue weighted by Gasteiger charge is 2.27. The Morgan fingerprint density at radius 1 is 1.21 bits per heavy atom. The Morgan fingerprint density at radius 3 is 2.63 bits per heavy atom. The highest BCUT2D eigenvalue weighted by atomic mass is 32.2.